The number of aliphatic carboxylic acids is 1. The van der Waals surface area contributed by atoms with Gasteiger partial charge < -0.3 is 9.84 Å². The minimum Gasteiger partial charge on any atom is -0.479 e. The van der Waals surface area contributed by atoms with Gasteiger partial charge in [-0.1, -0.05) is 64.7 Å². The third-order valence-corrected chi connectivity index (χ3v) is 4.42. The zero-order chi connectivity index (χ0) is 19.2. The second kappa shape index (κ2) is 13.1. The smallest absolute Gasteiger partial charge is 0.344 e. The van der Waals surface area contributed by atoms with Crippen molar-refractivity contribution in [3.05, 3.63) is 34.4 Å². The van der Waals surface area contributed by atoms with Crippen molar-refractivity contribution in [3.8, 4) is 5.75 Å². The van der Waals surface area contributed by atoms with Gasteiger partial charge in [-0.2, -0.15) is 0 Å². The first-order chi connectivity index (χ1) is 12.5. The predicted molar refractivity (Wildman–Crippen MR) is 102 cm³/mol. The fourth-order valence-corrected chi connectivity index (χ4v) is 2.86. The highest BCUT2D eigenvalue weighted by Crippen LogP contribution is 2.20. The predicted octanol–water partition coefficient (Wildman–Crippen LogP) is 5.74. The number of nitro groups is 1. The number of benzene rings is 1. The molecule has 0 aliphatic rings. The molecule has 0 bridgehead atoms. The molecule has 0 aliphatic heterocycles. The number of carboxylic acid groups (broad SMARTS) is 1. The Bertz CT molecular complexity index is 530. The van der Waals surface area contributed by atoms with E-state index in [1.54, 1.807) is 0 Å². The summed E-state index contributed by atoms with van der Waals surface area (Å²) in [6, 6.07) is 5.50. The lowest BCUT2D eigenvalue weighted by atomic mass is 10.0. The van der Waals surface area contributed by atoms with Gasteiger partial charge in [-0.05, 0) is 25.0 Å². The molecule has 6 nitrogen and oxygen atoms in total. The van der Waals surface area contributed by atoms with Gasteiger partial charge in [0.1, 0.15) is 5.75 Å². The van der Waals surface area contributed by atoms with Crippen LogP contribution in [0.3, 0.4) is 0 Å². The third kappa shape index (κ3) is 9.39. The summed E-state index contributed by atoms with van der Waals surface area (Å²) in [5, 5.41) is 19.9. The monoisotopic (exact) mass is 365 g/mol. The Morgan fingerprint density at radius 1 is 1.00 bits per heavy atom. The van der Waals surface area contributed by atoms with Crippen LogP contribution in [0.15, 0.2) is 24.3 Å². The quantitative estimate of drug-likeness (QED) is 0.243. The molecule has 0 spiro atoms. The van der Waals surface area contributed by atoms with E-state index in [1.807, 2.05) is 0 Å². The molecular formula is C20H31NO5. The molecule has 26 heavy (non-hydrogen) atoms. The van der Waals surface area contributed by atoms with Crippen LogP contribution in [0.2, 0.25) is 0 Å². The van der Waals surface area contributed by atoms with Crippen molar-refractivity contribution in [2.45, 2.75) is 83.7 Å². The number of carbonyl (C=O) groups is 1. The Hall–Kier alpha value is -2.11. The van der Waals surface area contributed by atoms with Crippen LogP contribution in [0.1, 0.15) is 77.6 Å². The van der Waals surface area contributed by atoms with E-state index in [1.165, 1.54) is 69.2 Å². The zero-order valence-electron chi connectivity index (χ0n) is 15.7. The fraction of sp³-hybridized carbons (Fsp3) is 0.650. The van der Waals surface area contributed by atoms with Crippen LogP contribution in [-0.4, -0.2) is 22.1 Å². The van der Waals surface area contributed by atoms with Gasteiger partial charge in [-0.15, -0.1) is 0 Å². The van der Waals surface area contributed by atoms with Crippen LogP contribution in [-0.2, 0) is 4.79 Å². The maximum Gasteiger partial charge on any atom is 0.344 e. The van der Waals surface area contributed by atoms with Crippen LogP contribution in [0.5, 0.6) is 5.75 Å². The van der Waals surface area contributed by atoms with Crippen LogP contribution in [0.4, 0.5) is 5.69 Å². The molecule has 1 aromatic rings. The van der Waals surface area contributed by atoms with E-state index in [4.69, 9.17) is 4.74 Å². The number of ether oxygens (including phenoxy) is 1. The highest BCUT2D eigenvalue weighted by Gasteiger charge is 2.19. The number of nitrogens with zero attached hydrogens (tertiary/aromatic N) is 1. The van der Waals surface area contributed by atoms with Gasteiger partial charge in [0.15, 0.2) is 6.10 Å². The Balaban J connectivity index is 2.21. The Morgan fingerprint density at radius 3 is 1.96 bits per heavy atom. The van der Waals surface area contributed by atoms with Crippen LogP contribution >= 0.6 is 0 Å². The minimum absolute atomic E-state index is 0.0427. The number of unbranched alkanes of at least 4 members (excludes halogenated alkanes) is 9. The Labute approximate surface area is 155 Å². The summed E-state index contributed by atoms with van der Waals surface area (Å²) < 4.78 is 5.47. The first kappa shape index (κ1) is 21.9. The molecule has 0 saturated heterocycles. The van der Waals surface area contributed by atoms with Gasteiger partial charge in [0.2, 0.25) is 0 Å². The summed E-state index contributed by atoms with van der Waals surface area (Å²) in [7, 11) is 0. The van der Waals surface area contributed by atoms with Gasteiger partial charge in [0.25, 0.3) is 5.69 Å². The molecule has 0 amide bonds. The third-order valence-electron chi connectivity index (χ3n) is 4.42. The maximum absolute atomic E-state index is 11.3. The maximum atomic E-state index is 11.3. The van der Waals surface area contributed by atoms with E-state index < -0.39 is 17.0 Å². The van der Waals surface area contributed by atoms with Crippen molar-refractivity contribution in [1.29, 1.82) is 0 Å². The largest absolute Gasteiger partial charge is 0.479 e. The molecule has 1 rings (SSSR count). The number of non-ortho nitro benzene ring substituents is 1. The van der Waals surface area contributed by atoms with E-state index in [0.29, 0.717) is 12.2 Å². The first-order valence-corrected chi connectivity index (χ1v) is 9.68. The summed E-state index contributed by atoms with van der Waals surface area (Å²) in [5.74, 6) is -0.658. The van der Waals surface area contributed by atoms with E-state index >= 15 is 0 Å². The molecule has 1 unspecified atom stereocenters. The van der Waals surface area contributed by atoms with Crippen molar-refractivity contribution in [2.24, 2.45) is 0 Å². The fourth-order valence-electron chi connectivity index (χ4n) is 2.86. The lowest BCUT2D eigenvalue weighted by Crippen LogP contribution is -2.26. The van der Waals surface area contributed by atoms with Gasteiger partial charge in [0, 0.05) is 12.1 Å². The molecule has 1 aromatic carbocycles. The molecule has 0 heterocycles. The summed E-state index contributed by atoms with van der Waals surface area (Å²) in [6.45, 7) is 2.22. The van der Waals surface area contributed by atoms with Crippen molar-refractivity contribution >= 4 is 11.7 Å². The highest BCUT2D eigenvalue weighted by atomic mass is 16.6. The summed E-state index contributed by atoms with van der Waals surface area (Å²) in [4.78, 5) is 21.5. The topological polar surface area (TPSA) is 89.7 Å². The van der Waals surface area contributed by atoms with Crippen molar-refractivity contribution in [1.82, 2.24) is 0 Å². The van der Waals surface area contributed by atoms with Crippen LogP contribution in [0.25, 0.3) is 0 Å². The second-order valence-corrected chi connectivity index (χ2v) is 6.67. The van der Waals surface area contributed by atoms with Crippen molar-refractivity contribution in [2.75, 3.05) is 0 Å². The average Bonchev–Trinajstić information content (AvgIpc) is 2.62. The molecule has 146 valence electrons. The number of hydrogen-bond donors (Lipinski definition) is 1. The van der Waals surface area contributed by atoms with Gasteiger partial charge in [-0.25, -0.2) is 4.79 Å². The Morgan fingerprint density at radius 2 is 1.50 bits per heavy atom. The van der Waals surface area contributed by atoms with Crippen molar-refractivity contribution in [3.63, 3.8) is 0 Å². The van der Waals surface area contributed by atoms with Crippen LogP contribution < -0.4 is 4.74 Å². The Kier molecular flexibility index (Phi) is 11.1. The van der Waals surface area contributed by atoms with Gasteiger partial charge in [-0.3, -0.25) is 10.1 Å². The molecule has 0 saturated carbocycles. The molecule has 1 N–H and O–H groups in total. The van der Waals surface area contributed by atoms with Crippen LogP contribution in [0, 0.1) is 10.1 Å². The normalized spacial score (nSPS) is 11.9. The SMILES string of the molecule is CCCCCCCCCCCCC(Oc1ccc([N+](=O)[O-])cc1)C(=O)O. The second-order valence-electron chi connectivity index (χ2n) is 6.67. The summed E-state index contributed by atoms with van der Waals surface area (Å²) in [6.07, 6.45) is 11.5. The van der Waals surface area contributed by atoms with Gasteiger partial charge in [0.05, 0.1) is 4.92 Å². The van der Waals surface area contributed by atoms with E-state index in [0.717, 1.165) is 19.3 Å². The number of rotatable bonds is 15. The van der Waals surface area contributed by atoms with Gasteiger partial charge >= 0.3 is 5.97 Å². The molecular weight excluding hydrogens is 334 g/mol. The zero-order valence-corrected chi connectivity index (χ0v) is 15.7. The first-order valence-electron chi connectivity index (χ1n) is 9.68. The van der Waals surface area contributed by atoms with E-state index in [2.05, 4.69) is 6.92 Å². The molecule has 0 radical (unpaired) electrons. The minimum atomic E-state index is -1.00. The number of carboxylic acids is 1. The summed E-state index contributed by atoms with van der Waals surface area (Å²) >= 11 is 0. The van der Waals surface area contributed by atoms with E-state index in [9.17, 15) is 20.0 Å². The molecule has 0 aromatic heterocycles. The molecule has 0 fully saturated rings. The number of hydrogen-bond acceptors (Lipinski definition) is 4. The standard InChI is InChI=1S/C20H31NO5/c1-2-3-4-5-6-7-8-9-10-11-12-19(20(22)23)26-18-15-13-17(14-16-18)21(24)25/h13-16,19H,2-12H2,1H3,(H,22,23). The molecule has 1 atom stereocenters. The average molecular weight is 365 g/mol. The summed E-state index contributed by atoms with van der Waals surface area (Å²) in [5.41, 5.74) is -0.0427. The van der Waals surface area contributed by atoms with E-state index in [-0.39, 0.29) is 5.69 Å². The lowest BCUT2D eigenvalue weighted by Gasteiger charge is -2.15. The molecule has 6 heteroatoms. The highest BCUT2D eigenvalue weighted by molar-refractivity contribution is 5.72. The lowest BCUT2D eigenvalue weighted by molar-refractivity contribution is -0.384. The van der Waals surface area contributed by atoms with Crippen molar-refractivity contribution < 1.29 is 19.6 Å². The molecule has 0 aliphatic carbocycles. The number of nitro benzene ring substituents is 1.